The van der Waals surface area contributed by atoms with Gasteiger partial charge in [0.05, 0.1) is 15.8 Å². The minimum Gasteiger partial charge on any atom is -0.321 e. The van der Waals surface area contributed by atoms with Crippen molar-refractivity contribution in [3.8, 4) is 5.69 Å². The molecule has 0 bridgehead atoms. The van der Waals surface area contributed by atoms with Crippen molar-refractivity contribution in [1.29, 1.82) is 0 Å². The number of sulfone groups is 1. The molecule has 2 heterocycles. The van der Waals surface area contributed by atoms with E-state index < -0.39 is 20.5 Å². The van der Waals surface area contributed by atoms with E-state index in [1.807, 2.05) is 43.5 Å². The van der Waals surface area contributed by atoms with Gasteiger partial charge >= 0.3 is 0 Å². The number of fused-ring (bicyclic) bond motifs is 2. The predicted octanol–water partition coefficient (Wildman–Crippen LogP) is 6.76. The number of hydrogen-bond donors (Lipinski definition) is 0. The molecule has 4 nitrogen and oxygen atoms in total. The van der Waals surface area contributed by atoms with Crippen LogP contribution in [-0.2, 0) is 22.7 Å². The van der Waals surface area contributed by atoms with Crippen LogP contribution in [0.15, 0.2) is 96.7 Å². The fraction of sp³-hybridized carbons (Fsp3) is 0.281. The second kappa shape index (κ2) is 9.35. The van der Waals surface area contributed by atoms with Crippen LogP contribution in [0.5, 0.6) is 0 Å². The van der Waals surface area contributed by atoms with Gasteiger partial charge in [-0.05, 0) is 111 Å². The quantitative estimate of drug-likeness (QED) is 0.289. The van der Waals surface area contributed by atoms with E-state index in [0.717, 1.165) is 35.4 Å². The third-order valence-corrected chi connectivity index (χ3v) is 10.9. The molecule has 0 amide bonds. The number of benzene rings is 2. The zero-order chi connectivity index (χ0) is 26.5. The molecule has 1 saturated carbocycles. The number of halogens is 1. The number of rotatable bonds is 5. The highest BCUT2D eigenvalue weighted by molar-refractivity contribution is 7.92. The van der Waals surface area contributed by atoms with Gasteiger partial charge in [0.25, 0.3) is 0 Å². The Labute approximate surface area is 223 Å². The molecule has 1 fully saturated rings. The first-order valence-corrected chi connectivity index (χ1v) is 14.7. The van der Waals surface area contributed by atoms with Gasteiger partial charge in [0.15, 0.2) is 9.84 Å². The van der Waals surface area contributed by atoms with E-state index in [-0.39, 0.29) is 11.7 Å². The van der Waals surface area contributed by atoms with Gasteiger partial charge in [-0.15, -0.1) is 0 Å². The van der Waals surface area contributed by atoms with Gasteiger partial charge in [-0.2, -0.15) is 0 Å². The standard InChI is InChI=1S/C32H31FN2O2S/c1-22-6-13-28(14-7-22)38(36,37)29-15-8-25-19-31-24(16-18-35(31)27-11-9-26(33)10-12-27)20-32(25,21-29)23(2)30-5-3-4-17-34-30/h3-7,9-14,16-18,25,29H,2,8,15,19-21H2,1H3/t25?,29-,32+/m0/s1. The zero-order valence-corrected chi connectivity index (χ0v) is 22.3. The molecule has 2 aromatic carbocycles. The lowest BCUT2D eigenvalue weighted by molar-refractivity contribution is 0.148. The lowest BCUT2D eigenvalue weighted by Crippen LogP contribution is -2.47. The van der Waals surface area contributed by atoms with Crippen molar-refractivity contribution in [3.05, 3.63) is 120 Å². The first-order chi connectivity index (χ1) is 18.3. The van der Waals surface area contributed by atoms with E-state index in [2.05, 4.69) is 22.2 Å². The summed E-state index contributed by atoms with van der Waals surface area (Å²) in [6.45, 7) is 6.53. The Bertz CT molecular complexity index is 1590. The number of aromatic nitrogens is 2. The van der Waals surface area contributed by atoms with E-state index in [1.54, 1.807) is 30.5 Å². The minimum absolute atomic E-state index is 0.225. The van der Waals surface area contributed by atoms with Crippen molar-refractivity contribution in [1.82, 2.24) is 9.55 Å². The summed E-state index contributed by atoms with van der Waals surface area (Å²) in [6.07, 6.45) is 7.26. The van der Waals surface area contributed by atoms with Crippen LogP contribution in [0.1, 0.15) is 41.8 Å². The van der Waals surface area contributed by atoms with Crippen LogP contribution in [0, 0.1) is 24.1 Å². The summed E-state index contributed by atoms with van der Waals surface area (Å²) in [4.78, 5) is 5.01. The molecular formula is C32H31FN2O2S. The number of allylic oxidation sites excluding steroid dienone is 1. The zero-order valence-electron chi connectivity index (χ0n) is 21.5. The van der Waals surface area contributed by atoms with Crippen LogP contribution in [-0.4, -0.2) is 23.2 Å². The number of hydrogen-bond acceptors (Lipinski definition) is 3. The second-order valence-electron chi connectivity index (χ2n) is 10.8. The van der Waals surface area contributed by atoms with Gasteiger partial charge in [-0.3, -0.25) is 4.98 Å². The Morgan fingerprint density at radius 3 is 2.50 bits per heavy atom. The maximum absolute atomic E-state index is 13.9. The van der Waals surface area contributed by atoms with Crippen LogP contribution in [0.3, 0.4) is 0 Å². The summed E-state index contributed by atoms with van der Waals surface area (Å²) in [5.74, 6) is -0.0309. The van der Waals surface area contributed by atoms with Crippen molar-refractivity contribution in [2.45, 2.75) is 49.2 Å². The third-order valence-electron chi connectivity index (χ3n) is 8.71. The van der Waals surface area contributed by atoms with Crippen molar-refractivity contribution in [3.63, 3.8) is 0 Å². The monoisotopic (exact) mass is 526 g/mol. The summed E-state index contributed by atoms with van der Waals surface area (Å²) in [6, 6.07) is 21.7. The SMILES string of the molecule is C=C(c1ccccn1)[C@]12Cc3ccn(-c4ccc(F)cc4)c3CC1CC[C@H](S(=O)(=O)c1ccc(C)cc1)C2. The van der Waals surface area contributed by atoms with E-state index >= 15 is 0 Å². The highest BCUT2D eigenvalue weighted by atomic mass is 32.2. The molecule has 3 atom stereocenters. The van der Waals surface area contributed by atoms with Crippen molar-refractivity contribution in [2.75, 3.05) is 0 Å². The van der Waals surface area contributed by atoms with Gasteiger partial charge < -0.3 is 4.57 Å². The first-order valence-electron chi connectivity index (χ1n) is 13.1. The number of pyridine rings is 1. The average molecular weight is 527 g/mol. The first kappa shape index (κ1) is 24.8. The molecule has 4 aromatic rings. The van der Waals surface area contributed by atoms with Crippen LogP contribution in [0.25, 0.3) is 11.3 Å². The molecule has 6 rings (SSSR count). The fourth-order valence-electron chi connectivity index (χ4n) is 6.62. The molecule has 0 spiro atoms. The lowest BCUT2D eigenvalue weighted by Gasteiger charge is -2.51. The molecule has 2 aliphatic rings. The lowest BCUT2D eigenvalue weighted by atomic mass is 9.55. The smallest absolute Gasteiger partial charge is 0.181 e. The predicted molar refractivity (Wildman–Crippen MR) is 148 cm³/mol. The van der Waals surface area contributed by atoms with E-state index in [4.69, 9.17) is 0 Å². The van der Waals surface area contributed by atoms with Crippen molar-refractivity contribution in [2.24, 2.45) is 11.3 Å². The summed E-state index contributed by atoms with van der Waals surface area (Å²) in [5, 5.41) is -0.484. The largest absolute Gasteiger partial charge is 0.321 e. The summed E-state index contributed by atoms with van der Waals surface area (Å²) in [7, 11) is -3.50. The Morgan fingerprint density at radius 2 is 1.79 bits per heavy atom. The van der Waals surface area contributed by atoms with Crippen LogP contribution < -0.4 is 0 Å². The molecule has 0 radical (unpaired) electrons. The molecule has 0 N–H and O–H groups in total. The fourth-order valence-corrected chi connectivity index (χ4v) is 8.49. The maximum atomic E-state index is 13.9. The molecule has 2 aliphatic carbocycles. The maximum Gasteiger partial charge on any atom is 0.181 e. The molecule has 2 aromatic heterocycles. The van der Waals surface area contributed by atoms with Gasteiger partial charge in [0.1, 0.15) is 5.82 Å². The summed E-state index contributed by atoms with van der Waals surface area (Å²) in [5.41, 5.74) is 5.70. The summed E-state index contributed by atoms with van der Waals surface area (Å²) < 4.78 is 43.5. The Kier molecular flexibility index (Phi) is 6.10. The van der Waals surface area contributed by atoms with Crippen molar-refractivity contribution < 1.29 is 12.8 Å². The van der Waals surface area contributed by atoms with Gasteiger partial charge in [0.2, 0.25) is 0 Å². The Balaban J connectivity index is 1.42. The van der Waals surface area contributed by atoms with Gasteiger partial charge in [-0.25, -0.2) is 12.8 Å². The molecular weight excluding hydrogens is 495 g/mol. The molecule has 194 valence electrons. The van der Waals surface area contributed by atoms with Gasteiger partial charge in [-0.1, -0.05) is 30.3 Å². The Morgan fingerprint density at radius 1 is 1.03 bits per heavy atom. The van der Waals surface area contributed by atoms with E-state index in [9.17, 15) is 12.8 Å². The molecule has 38 heavy (non-hydrogen) atoms. The van der Waals surface area contributed by atoms with Crippen LogP contribution in [0.4, 0.5) is 4.39 Å². The molecule has 0 saturated heterocycles. The molecule has 1 unspecified atom stereocenters. The molecule has 6 heteroatoms. The van der Waals surface area contributed by atoms with Gasteiger partial charge in [0, 0.05) is 29.2 Å². The van der Waals surface area contributed by atoms with Crippen molar-refractivity contribution >= 4 is 15.4 Å². The highest BCUT2D eigenvalue weighted by Crippen LogP contribution is 2.57. The normalized spacial score (nSPS) is 22.9. The van der Waals surface area contributed by atoms with Crippen LogP contribution >= 0.6 is 0 Å². The topological polar surface area (TPSA) is 52.0 Å². The number of nitrogens with zero attached hydrogens (tertiary/aromatic N) is 2. The summed E-state index contributed by atoms with van der Waals surface area (Å²) >= 11 is 0. The second-order valence-corrected chi connectivity index (χ2v) is 13.1. The van der Waals surface area contributed by atoms with E-state index in [0.29, 0.717) is 24.2 Å². The Hall–Kier alpha value is -3.51. The molecule has 0 aliphatic heterocycles. The minimum atomic E-state index is -3.50. The van der Waals surface area contributed by atoms with Crippen LogP contribution in [0.2, 0.25) is 0 Å². The third kappa shape index (κ3) is 4.11. The average Bonchev–Trinajstić information content (AvgIpc) is 3.34. The number of aryl methyl sites for hydroxylation is 1. The highest BCUT2D eigenvalue weighted by Gasteiger charge is 2.52. The van der Waals surface area contributed by atoms with E-state index in [1.165, 1.54) is 23.4 Å².